The largest absolute Gasteiger partial charge is 0.416 e. The molecule has 0 aliphatic heterocycles. The smallest absolute Gasteiger partial charge is 0.396 e. The van der Waals surface area contributed by atoms with Gasteiger partial charge in [-0.1, -0.05) is 6.92 Å². The number of rotatable bonds is 7. The van der Waals surface area contributed by atoms with E-state index in [0.29, 0.717) is 6.54 Å². The van der Waals surface area contributed by atoms with E-state index in [2.05, 4.69) is 5.32 Å². The molecule has 2 N–H and O–H groups in total. The van der Waals surface area contributed by atoms with Gasteiger partial charge in [0, 0.05) is 12.6 Å². The highest BCUT2D eigenvalue weighted by Gasteiger charge is 2.30. The van der Waals surface area contributed by atoms with Crippen LogP contribution in [0, 0.1) is 0 Å². The van der Waals surface area contributed by atoms with Crippen molar-refractivity contribution < 1.29 is 26.7 Å². The van der Waals surface area contributed by atoms with E-state index in [1.165, 1.54) is 0 Å². The van der Waals surface area contributed by atoms with E-state index in [9.17, 15) is 21.6 Å². The Morgan fingerprint density at radius 2 is 1.81 bits per heavy atom. The lowest BCUT2D eigenvalue weighted by Crippen LogP contribution is -2.36. The highest BCUT2D eigenvalue weighted by Crippen LogP contribution is 2.29. The molecule has 1 rings (SSSR count). The SMILES string of the molecule is CCNC(CCO)CS(=O)(=O)c1ccc(C(F)(F)F)cc1. The topological polar surface area (TPSA) is 66.4 Å². The number of benzene rings is 1. The summed E-state index contributed by atoms with van der Waals surface area (Å²) >= 11 is 0. The maximum Gasteiger partial charge on any atom is 0.416 e. The molecular weight excluding hydrogens is 307 g/mol. The minimum atomic E-state index is -4.49. The highest BCUT2D eigenvalue weighted by atomic mass is 32.2. The molecule has 120 valence electrons. The van der Waals surface area contributed by atoms with Crippen LogP contribution in [0.25, 0.3) is 0 Å². The lowest BCUT2D eigenvalue weighted by atomic mass is 10.2. The van der Waals surface area contributed by atoms with Crippen molar-refractivity contribution in [2.24, 2.45) is 0 Å². The Bertz CT molecular complexity index is 535. The minimum Gasteiger partial charge on any atom is -0.396 e. The summed E-state index contributed by atoms with van der Waals surface area (Å²) in [5.74, 6) is -0.271. The monoisotopic (exact) mass is 325 g/mol. The van der Waals surface area contributed by atoms with Crippen LogP contribution < -0.4 is 5.32 Å². The minimum absolute atomic E-state index is 0.156. The van der Waals surface area contributed by atoms with Crippen molar-refractivity contribution in [1.82, 2.24) is 5.32 Å². The summed E-state index contributed by atoms with van der Waals surface area (Å²) in [5.41, 5.74) is -0.889. The van der Waals surface area contributed by atoms with Crippen LogP contribution in [0.1, 0.15) is 18.9 Å². The Kier molecular flexibility index (Phi) is 6.18. The maximum absolute atomic E-state index is 12.4. The van der Waals surface area contributed by atoms with Crippen LogP contribution in [0.5, 0.6) is 0 Å². The van der Waals surface area contributed by atoms with Gasteiger partial charge in [-0.3, -0.25) is 0 Å². The summed E-state index contributed by atoms with van der Waals surface area (Å²) in [7, 11) is -3.71. The lowest BCUT2D eigenvalue weighted by Gasteiger charge is -2.17. The number of sulfone groups is 1. The van der Waals surface area contributed by atoms with Crippen molar-refractivity contribution >= 4 is 9.84 Å². The number of hydrogen-bond donors (Lipinski definition) is 2. The van der Waals surface area contributed by atoms with Gasteiger partial charge in [-0.2, -0.15) is 13.2 Å². The molecule has 0 bridgehead atoms. The molecule has 0 heterocycles. The second kappa shape index (κ2) is 7.24. The first kappa shape index (κ1) is 17.9. The third-order valence-corrected chi connectivity index (χ3v) is 4.76. The molecule has 0 aromatic heterocycles. The number of alkyl halides is 3. The van der Waals surface area contributed by atoms with Gasteiger partial charge < -0.3 is 10.4 Å². The van der Waals surface area contributed by atoms with Crippen molar-refractivity contribution in [3.8, 4) is 0 Å². The Balaban J connectivity index is 2.92. The summed E-state index contributed by atoms with van der Waals surface area (Å²) in [6, 6.07) is 2.98. The second-order valence-corrected chi connectivity index (χ2v) is 6.60. The number of aliphatic hydroxyl groups excluding tert-OH is 1. The van der Waals surface area contributed by atoms with Gasteiger partial charge >= 0.3 is 6.18 Å². The molecule has 1 aromatic carbocycles. The van der Waals surface area contributed by atoms with E-state index in [1.54, 1.807) is 6.92 Å². The van der Waals surface area contributed by atoms with Crippen LogP contribution in [0.4, 0.5) is 13.2 Å². The second-order valence-electron chi connectivity index (χ2n) is 4.57. The van der Waals surface area contributed by atoms with Gasteiger partial charge in [-0.05, 0) is 37.2 Å². The molecule has 1 unspecified atom stereocenters. The summed E-state index contributed by atoms with van der Waals surface area (Å²) in [6.45, 7) is 2.17. The molecule has 0 aliphatic rings. The van der Waals surface area contributed by atoms with Gasteiger partial charge in [0.2, 0.25) is 0 Å². The molecule has 1 atom stereocenters. The zero-order chi connectivity index (χ0) is 16.1. The van der Waals surface area contributed by atoms with Crippen LogP contribution in [0.2, 0.25) is 0 Å². The van der Waals surface area contributed by atoms with Gasteiger partial charge in [-0.15, -0.1) is 0 Å². The molecular formula is C13H18F3NO3S. The Morgan fingerprint density at radius 1 is 1.24 bits per heavy atom. The van der Waals surface area contributed by atoms with Crippen LogP contribution in [0.15, 0.2) is 29.2 Å². The van der Waals surface area contributed by atoms with Crippen LogP contribution in [0.3, 0.4) is 0 Å². The van der Waals surface area contributed by atoms with Gasteiger partial charge in [0.15, 0.2) is 9.84 Å². The van der Waals surface area contributed by atoms with Gasteiger partial charge in [-0.25, -0.2) is 8.42 Å². The van der Waals surface area contributed by atoms with E-state index >= 15 is 0 Å². The number of hydrogen-bond acceptors (Lipinski definition) is 4. The zero-order valence-corrected chi connectivity index (χ0v) is 12.3. The van der Waals surface area contributed by atoms with Gasteiger partial charge in [0.25, 0.3) is 0 Å². The molecule has 0 radical (unpaired) electrons. The van der Waals surface area contributed by atoms with Gasteiger partial charge in [0.1, 0.15) is 0 Å². The van der Waals surface area contributed by atoms with Crippen molar-refractivity contribution in [1.29, 1.82) is 0 Å². The van der Waals surface area contributed by atoms with Crippen molar-refractivity contribution in [3.05, 3.63) is 29.8 Å². The van der Waals surface area contributed by atoms with Crippen molar-refractivity contribution in [3.63, 3.8) is 0 Å². The predicted molar refractivity (Wildman–Crippen MR) is 72.7 cm³/mol. The fourth-order valence-corrected chi connectivity index (χ4v) is 3.46. The van der Waals surface area contributed by atoms with Crippen LogP contribution >= 0.6 is 0 Å². The van der Waals surface area contributed by atoms with Crippen molar-refractivity contribution in [2.45, 2.75) is 30.5 Å². The number of nitrogens with one attached hydrogen (secondary N) is 1. The molecule has 21 heavy (non-hydrogen) atoms. The van der Waals surface area contributed by atoms with Gasteiger partial charge in [0.05, 0.1) is 16.2 Å². The average molecular weight is 325 g/mol. The molecule has 0 saturated carbocycles. The molecule has 1 aromatic rings. The Morgan fingerprint density at radius 3 is 2.24 bits per heavy atom. The molecule has 0 aliphatic carbocycles. The lowest BCUT2D eigenvalue weighted by molar-refractivity contribution is -0.137. The molecule has 0 fully saturated rings. The summed E-state index contributed by atoms with van der Waals surface area (Å²) in [4.78, 5) is -0.156. The first-order valence-corrected chi connectivity index (χ1v) is 8.10. The first-order valence-electron chi connectivity index (χ1n) is 6.45. The predicted octanol–water partition coefficient (Wildman–Crippen LogP) is 1.84. The van der Waals surface area contributed by atoms with Crippen LogP contribution in [-0.4, -0.2) is 38.5 Å². The van der Waals surface area contributed by atoms with E-state index in [0.717, 1.165) is 24.3 Å². The normalized spacial score (nSPS) is 14.1. The molecule has 0 saturated heterocycles. The molecule has 8 heteroatoms. The number of halogens is 3. The highest BCUT2D eigenvalue weighted by molar-refractivity contribution is 7.91. The van der Waals surface area contributed by atoms with E-state index in [-0.39, 0.29) is 23.7 Å². The first-order chi connectivity index (χ1) is 9.70. The molecule has 0 amide bonds. The Hall–Kier alpha value is -1.12. The van der Waals surface area contributed by atoms with E-state index in [4.69, 9.17) is 5.11 Å². The molecule has 0 spiro atoms. The zero-order valence-electron chi connectivity index (χ0n) is 11.5. The number of aliphatic hydroxyl groups is 1. The van der Waals surface area contributed by atoms with E-state index in [1.807, 2.05) is 0 Å². The fourth-order valence-electron chi connectivity index (χ4n) is 1.90. The maximum atomic E-state index is 12.4. The summed E-state index contributed by atoms with van der Waals surface area (Å²) in [6.07, 6.45) is -4.24. The van der Waals surface area contributed by atoms with Crippen molar-refractivity contribution in [2.75, 3.05) is 18.9 Å². The average Bonchev–Trinajstić information content (AvgIpc) is 2.38. The third kappa shape index (κ3) is 5.29. The molecule has 4 nitrogen and oxygen atoms in total. The summed E-state index contributed by atoms with van der Waals surface area (Å²) in [5, 5.41) is 11.8. The fraction of sp³-hybridized carbons (Fsp3) is 0.538. The quantitative estimate of drug-likeness (QED) is 0.803. The van der Waals surface area contributed by atoms with Crippen LogP contribution in [-0.2, 0) is 16.0 Å². The summed E-state index contributed by atoms with van der Waals surface area (Å²) < 4.78 is 61.6. The Labute approximate surface area is 121 Å². The third-order valence-electron chi connectivity index (χ3n) is 2.93. The standard InChI is InChI=1S/C13H18F3NO3S/c1-2-17-11(7-8-18)9-21(19,20)12-5-3-10(4-6-12)13(14,15)16/h3-6,11,17-18H,2,7-9H2,1H3. The van der Waals surface area contributed by atoms with E-state index < -0.39 is 27.6 Å².